The summed E-state index contributed by atoms with van der Waals surface area (Å²) in [6.07, 6.45) is 2.25. The van der Waals surface area contributed by atoms with Gasteiger partial charge in [-0.1, -0.05) is 38.1 Å². The van der Waals surface area contributed by atoms with Gasteiger partial charge in [0.15, 0.2) is 0 Å². The Labute approximate surface area is 88.4 Å². The molecule has 0 heteroatoms. The lowest BCUT2D eigenvalue weighted by Gasteiger charge is -2.16. The van der Waals surface area contributed by atoms with E-state index in [9.17, 15) is 0 Å². The zero-order valence-electron chi connectivity index (χ0n) is 9.96. The van der Waals surface area contributed by atoms with Crippen molar-refractivity contribution in [3.05, 3.63) is 41.8 Å². The molecular formula is C14H21+. The molecule has 1 aromatic rings. The van der Waals surface area contributed by atoms with Crippen LogP contribution in [0.4, 0.5) is 0 Å². The summed E-state index contributed by atoms with van der Waals surface area (Å²) >= 11 is 0. The number of benzene rings is 1. The van der Waals surface area contributed by atoms with Gasteiger partial charge in [0.05, 0.1) is 13.3 Å². The molecule has 0 heterocycles. The van der Waals surface area contributed by atoms with E-state index in [1.165, 1.54) is 11.1 Å². The first-order chi connectivity index (χ1) is 6.47. The summed E-state index contributed by atoms with van der Waals surface area (Å²) < 4.78 is 0. The van der Waals surface area contributed by atoms with Gasteiger partial charge in [-0.25, -0.2) is 0 Å². The van der Waals surface area contributed by atoms with E-state index in [0.717, 1.165) is 0 Å². The fourth-order valence-corrected chi connectivity index (χ4v) is 1.46. The minimum Gasteiger partial charge on any atom is -0.0587 e. The molecule has 0 N–H and O–H groups in total. The van der Waals surface area contributed by atoms with Crippen molar-refractivity contribution in [1.82, 2.24) is 0 Å². The van der Waals surface area contributed by atoms with Crippen molar-refractivity contribution in [2.45, 2.75) is 46.0 Å². The molecule has 0 aliphatic heterocycles. The monoisotopic (exact) mass is 189 g/mol. The van der Waals surface area contributed by atoms with Crippen LogP contribution < -0.4 is 0 Å². The van der Waals surface area contributed by atoms with Gasteiger partial charge in [-0.2, -0.15) is 0 Å². The molecule has 0 amide bonds. The molecule has 0 saturated heterocycles. The van der Waals surface area contributed by atoms with Gasteiger partial charge < -0.3 is 0 Å². The highest BCUT2D eigenvalue weighted by Gasteiger charge is 2.26. The van der Waals surface area contributed by atoms with Gasteiger partial charge >= 0.3 is 0 Å². The first kappa shape index (κ1) is 11.2. The molecule has 14 heavy (non-hydrogen) atoms. The van der Waals surface area contributed by atoms with E-state index in [1.807, 2.05) is 0 Å². The average molecular weight is 189 g/mol. The number of rotatable bonds is 3. The smallest absolute Gasteiger partial charge is 0.0587 e. The van der Waals surface area contributed by atoms with Crippen LogP contribution in [0.1, 0.15) is 51.7 Å². The van der Waals surface area contributed by atoms with E-state index in [0.29, 0.717) is 5.92 Å². The molecule has 0 unspecified atom stereocenters. The van der Waals surface area contributed by atoms with E-state index in [-0.39, 0.29) is 5.41 Å². The topological polar surface area (TPSA) is 0 Å². The summed E-state index contributed by atoms with van der Waals surface area (Å²) in [5, 5.41) is 0. The quantitative estimate of drug-likeness (QED) is 0.621. The summed E-state index contributed by atoms with van der Waals surface area (Å²) in [4.78, 5) is 0. The molecule has 0 nitrogen and oxygen atoms in total. The van der Waals surface area contributed by atoms with E-state index in [1.54, 1.807) is 0 Å². The molecule has 0 radical (unpaired) electrons. The predicted octanol–water partition coefficient (Wildman–Crippen LogP) is 4.31. The number of hydrogen-bond acceptors (Lipinski definition) is 0. The van der Waals surface area contributed by atoms with E-state index in [2.05, 4.69) is 65.3 Å². The van der Waals surface area contributed by atoms with Gasteiger partial charge in [0.2, 0.25) is 0 Å². The van der Waals surface area contributed by atoms with Crippen LogP contribution in [-0.4, -0.2) is 0 Å². The van der Waals surface area contributed by atoms with Gasteiger partial charge in [0, 0.05) is 5.56 Å². The molecule has 0 bridgehead atoms. The first-order valence-electron chi connectivity index (χ1n) is 5.38. The molecule has 0 aliphatic rings. The SMILES string of the molecule is C[CH+]C(C)(C)c1ccc(C(C)C)cc1. The Bertz CT molecular complexity index is 277. The molecule has 0 atom stereocenters. The fourth-order valence-electron chi connectivity index (χ4n) is 1.46. The third kappa shape index (κ3) is 2.31. The Morgan fingerprint density at radius 2 is 1.57 bits per heavy atom. The van der Waals surface area contributed by atoms with Crippen molar-refractivity contribution in [3.8, 4) is 0 Å². The maximum Gasteiger partial charge on any atom is 0.127 e. The third-order valence-electron chi connectivity index (χ3n) is 3.04. The number of hydrogen-bond donors (Lipinski definition) is 0. The second kappa shape index (κ2) is 4.08. The molecule has 0 fully saturated rings. The maximum atomic E-state index is 2.25. The van der Waals surface area contributed by atoms with Crippen LogP contribution in [0.15, 0.2) is 24.3 Å². The van der Waals surface area contributed by atoms with Gasteiger partial charge in [0.25, 0.3) is 0 Å². The maximum absolute atomic E-state index is 2.25. The first-order valence-corrected chi connectivity index (χ1v) is 5.38. The second-order valence-corrected chi connectivity index (χ2v) is 4.79. The Morgan fingerprint density at radius 3 is 1.93 bits per heavy atom. The summed E-state index contributed by atoms with van der Waals surface area (Å²) in [6, 6.07) is 8.97. The molecule has 0 aliphatic carbocycles. The van der Waals surface area contributed by atoms with Crippen LogP contribution in [0.2, 0.25) is 0 Å². The minimum atomic E-state index is 0.190. The minimum absolute atomic E-state index is 0.190. The van der Waals surface area contributed by atoms with Gasteiger partial charge in [-0.05, 0) is 25.3 Å². The van der Waals surface area contributed by atoms with Crippen molar-refractivity contribution in [2.75, 3.05) is 0 Å². The van der Waals surface area contributed by atoms with E-state index < -0.39 is 0 Å². The van der Waals surface area contributed by atoms with Crippen LogP contribution in [0.3, 0.4) is 0 Å². The largest absolute Gasteiger partial charge is 0.127 e. The van der Waals surface area contributed by atoms with Crippen LogP contribution in [-0.2, 0) is 5.41 Å². The Kier molecular flexibility index (Phi) is 3.25. The van der Waals surface area contributed by atoms with Crippen LogP contribution in [0, 0.1) is 6.42 Å². The predicted molar refractivity (Wildman–Crippen MR) is 63.5 cm³/mol. The van der Waals surface area contributed by atoms with Gasteiger partial charge in [-0.3, -0.25) is 0 Å². The summed E-state index contributed by atoms with van der Waals surface area (Å²) in [5.41, 5.74) is 3.00. The molecule has 1 rings (SSSR count). The van der Waals surface area contributed by atoms with Gasteiger partial charge in [0.1, 0.15) is 5.41 Å². The van der Waals surface area contributed by atoms with Crippen molar-refractivity contribution in [2.24, 2.45) is 0 Å². The normalized spacial score (nSPS) is 11.9. The Hall–Kier alpha value is -0.910. The highest BCUT2D eigenvalue weighted by Crippen LogP contribution is 2.27. The summed E-state index contributed by atoms with van der Waals surface area (Å²) in [6.45, 7) is 11.1. The lowest BCUT2D eigenvalue weighted by molar-refractivity contribution is 0.615. The van der Waals surface area contributed by atoms with Crippen molar-refractivity contribution in [3.63, 3.8) is 0 Å². The van der Waals surface area contributed by atoms with Crippen LogP contribution in [0.5, 0.6) is 0 Å². The highest BCUT2D eigenvalue weighted by molar-refractivity contribution is 5.31. The van der Waals surface area contributed by atoms with E-state index in [4.69, 9.17) is 0 Å². The van der Waals surface area contributed by atoms with Gasteiger partial charge in [-0.15, -0.1) is 0 Å². The molecule has 0 saturated carbocycles. The van der Waals surface area contributed by atoms with E-state index >= 15 is 0 Å². The second-order valence-electron chi connectivity index (χ2n) is 4.79. The van der Waals surface area contributed by atoms with Crippen molar-refractivity contribution < 1.29 is 0 Å². The highest BCUT2D eigenvalue weighted by atomic mass is 14.2. The summed E-state index contributed by atoms with van der Waals surface area (Å²) in [7, 11) is 0. The summed E-state index contributed by atoms with van der Waals surface area (Å²) in [5.74, 6) is 0.623. The molecule has 1 aromatic carbocycles. The van der Waals surface area contributed by atoms with Crippen LogP contribution in [0.25, 0.3) is 0 Å². The molecule has 76 valence electrons. The standard InChI is InChI=1S/C14H21/c1-6-14(4,5)13-9-7-12(8-10-13)11(2)3/h6-11H,1-5H3/q+1. The van der Waals surface area contributed by atoms with Crippen LogP contribution >= 0.6 is 0 Å². The lowest BCUT2D eigenvalue weighted by atomic mass is 9.81. The Balaban J connectivity index is 2.94. The molecule has 0 spiro atoms. The fraction of sp³-hybridized carbons (Fsp3) is 0.500. The Morgan fingerprint density at radius 1 is 1.07 bits per heavy atom. The zero-order valence-corrected chi connectivity index (χ0v) is 9.96. The van der Waals surface area contributed by atoms with Crippen molar-refractivity contribution >= 4 is 0 Å². The lowest BCUT2D eigenvalue weighted by Crippen LogP contribution is -2.15. The zero-order chi connectivity index (χ0) is 10.8. The van der Waals surface area contributed by atoms with Crippen molar-refractivity contribution in [1.29, 1.82) is 0 Å². The average Bonchev–Trinajstić information content (AvgIpc) is 2.18. The molecule has 0 aromatic heterocycles. The molecular weight excluding hydrogens is 168 g/mol. The third-order valence-corrected chi connectivity index (χ3v) is 3.04.